The number of nitrogens with zero attached hydrogens (tertiary/aromatic N) is 1. The van der Waals surface area contributed by atoms with E-state index in [0.29, 0.717) is 17.2 Å². The van der Waals surface area contributed by atoms with Crippen molar-refractivity contribution in [3.05, 3.63) is 82.1 Å². The molecule has 0 aliphatic rings. The van der Waals surface area contributed by atoms with Crippen molar-refractivity contribution < 1.29 is 9.53 Å². The molecule has 26 heavy (non-hydrogen) atoms. The Morgan fingerprint density at radius 2 is 1.81 bits per heavy atom. The van der Waals surface area contributed by atoms with E-state index in [1.165, 1.54) is 11.3 Å². The van der Waals surface area contributed by atoms with Crippen LogP contribution in [0.4, 0.5) is 5.69 Å². The molecule has 3 rings (SSSR count). The van der Waals surface area contributed by atoms with Gasteiger partial charge in [-0.15, -0.1) is 11.3 Å². The van der Waals surface area contributed by atoms with Crippen LogP contribution in [0.15, 0.2) is 72.3 Å². The van der Waals surface area contributed by atoms with Crippen LogP contribution < -0.4 is 10.1 Å². The lowest BCUT2D eigenvalue weighted by atomic mass is 10.2. The maximum atomic E-state index is 12.5. The van der Waals surface area contributed by atoms with E-state index < -0.39 is 5.91 Å². The number of benzene rings is 2. The molecule has 128 valence electrons. The van der Waals surface area contributed by atoms with Gasteiger partial charge in [-0.3, -0.25) is 4.79 Å². The summed E-state index contributed by atoms with van der Waals surface area (Å²) >= 11 is 1.53. The van der Waals surface area contributed by atoms with Gasteiger partial charge in [-0.05, 0) is 49.4 Å². The Hall–Kier alpha value is -3.36. The fourth-order valence-corrected chi connectivity index (χ4v) is 3.11. The average Bonchev–Trinajstić information content (AvgIpc) is 3.07. The second-order valence-electron chi connectivity index (χ2n) is 5.48. The molecule has 0 atom stereocenters. The second-order valence-corrected chi connectivity index (χ2v) is 6.80. The van der Waals surface area contributed by atoms with Gasteiger partial charge in [0.05, 0.1) is 5.69 Å². The zero-order valence-electron chi connectivity index (χ0n) is 14.1. The molecule has 0 bridgehead atoms. The summed E-state index contributed by atoms with van der Waals surface area (Å²) in [7, 11) is 0. The van der Waals surface area contributed by atoms with Gasteiger partial charge in [0.15, 0.2) is 5.75 Å². The number of thiophene rings is 1. The minimum Gasteiger partial charge on any atom is -0.455 e. The molecular weight excluding hydrogens is 344 g/mol. The molecule has 0 spiro atoms. The van der Waals surface area contributed by atoms with Crippen LogP contribution in [-0.2, 0) is 4.79 Å². The molecule has 1 amide bonds. The summed E-state index contributed by atoms with van der Waals surface area (Å²) in [6.07, 6.45) is 1.59. The van der Waals surface area contributed by atoms with Crippen molar-refractivity contribution in [3.8, 4) is 17.6 Å². The van der Waals surface area contributed by atoms with Crippen molar-refractivity contribution in [1.82, 2.24) is 0 Å². The summed E-state index contributed by atoms with van der Waals surface area (Å²) in [5.41, 5.74) is 0.547. The van der Waals surface area contributed by atoms with Gasteiger partial charge >= 0.3 is 0 Å². The highest BCUT2D eigenvalue weighted by Crippen LogP contribution is 2.29. The number of rotatable bonds is 5. The van der Waals surface area contributed by atoms with Crippen molar-refractivity contribution in [2.24, 2.45) is 0 Å². The van der Waals surface area contributed by atoms with E-state index in [2.05, 4.69) is 5.32 Å². The number of para-hydroxylation sites is 3. The van der Waals surface area contributed by atoms with Crippen LogP contribution >= 0.6 is 11.3 Å². The summed E-state index contributed by atoms with van der Waals surface area (Å²) in [6, 6.07) is 22.2. The summed E-state index contributed by atoms with van der Waals surface area (Å²) in [5.74, 6) is 0.707. The summed E-state index contributed by atoms with van der Waals surface area (Å²) in [6.45, 7) is 1.98. The Labute approximate surface area is 156 Å². The molecule has 5 heteroatoms. The molecule has 0 fully saturated rings. The molecular formula is C21H16N2O2S. The van der Waals surface area contributed by atoms with Crippen molar-refractivity contribution in [1.29, 1.82) is 5.26 Å². The van der Waals surface area contributed by atoms with Crippen LogP contribution in [0.2, 0.25) is 0 Å². The van der Waals surface area contributed by atoms with Crippen LogP contribution in [-0.4, -0.2) is 5.91 Å². The quantitative estimate of drug-likeness (QED) is 0.490. The first-order chi connectivity index (χ1) is 12.7. The summed E-state index contributed by atoms with van der Waals surface area (Å²) in [4.78, 5) is 14.5. The van der Waals surface area contributed by atoms with E-state index in [1.54, 1.807) is 24.3 Å². The zero-order valence-corrected chi connectivity index (χ0v) is 14.9. The standard InChI is InChI=1S/C21H16N2O2S/c1-15-11-12-18(26-15)13-16(14-22)21(24)23-19-9-5-6-10-20(19)25-17-7-3-2-4-8-17/h2-13H,1H3,(H,23,24)/b16-13+. The fourth-order valence-electron chi connectivity index (χ4n) is 2.29. The number of amides is 1. The highest BCUT2D eigenvalue weighted by Gasteiger charge is 2.13. The van der Waals surface area contributed by atoms with Crippen molar-refractivity contribution in [2.75, 3.05) is 5.32 Å². The third kappa shape index (κ3) is 4.38. The molecule has 0 radical (unpaired) electrons. The normalized spacial score (nSPS) is 10.8. The molecule has 0 unspecified atom stereocenters. The lowest BCUT2D eigenvalue weighted by Crippen LogP contribution is -2.13. The lowest BCUT2D eigenvalue weighted by Gasteiger charge is -2.11. The van der Waals surface area contributed by atoms with Crippen LogP contribution in [0.25, 0.3) is 6.08 Å². The molecule has 1 heterocycles. The highest BCUT2D eigenvalue weighted by atomic mass is 32.1. The second kappa shape index (κ2) is 8.15. The Morgan fingerprint density at radius 3 is 2.50 bits per heavy atom. The number of hydrogen-bond donors (Lipinski definition) is 1. The molecule has 0 aliphatic carbocycles. The van der Waals surface area contributed by atoms with E-state index in [0.717, 1.165) is 9.75 Å². The number of aryl methyl sites for hydroxylation is 1. The number of carbonyl (C=O) groups is 1. The predicted octanol–water partition coefficient (Wildman–Crippen LogP) is 5.39. The van der Waals surface area contributed by atoms with Crippen LogP contribution in [0.3, 0.4) is 0 Å². The van der Waals surface area contributed by atoms with Gasteiger partial charge in [-0.1, -0.05) is 30.3 Å². The van der Waals surface area contributed by atoms with Gasteiger partial charge in [-0.25, -0.2) is 0 Å². The minimum absolute atomic E-state index is 0.0429. The lowest BCUT2D eigenvalue weighted by molar-refractivity contribution is -0.112. The molecule has 0 aliphatic heterocycles. The number of hydrogen-bond acceptors (Lipinski definition) is 4. The van der Waals surface area contributed by atoms with Crippen molar-refractivity contribution >= 4 is 29.0 Å². The van der Waals surface area contributed by atoms with Crippen molar-refractivity contribution in [2.45, 2.75) is 6.92 Å². The van der Waals surface area contributed by atoms with E-state index in [9.17, 15) is 10.1 Å². The van der Waals surface area contributed by atoms with Crippen LogP contribution in [0.5, 0.6) is 11.5 Å². The number of nitrogens with one attached hydrogen (secondary N) is 1. The zero-order chi connectivity index (χ0) is 18.4. The highest BCUT2D eigenvalue weighted by molar-refractivity contribution is 7.12. The Balaban J connectivity index is 1.81. The van der Waals surface area contributed by atoms with Gasteiger partial charge in [-0.2, -0.15) is 5.26 Å². The van der Waals surface area contributed by atoms with E-state index >= 15 is 0 Å². The Morgan fingerprint density at radius 1 is 1.08 bits per heavy atom. The smallest absolute Gasteiger partial charge is 0.266 e. The number of ether oxygens (including phenoxy) is 1. The Kier molecular flexibility index (Phi) is 5.47. The van der Waals surface area contributed by atoms with Gasteiger partial charge in [0, 0.05) is 9.75 Å². The largest absolute Gasteiger partial charge is 0.455 e. The van der Waals surface area contributed by atoms with Gasteiger partial charge in [0.25, 0.3) is 5.91 Å². The number of nitriles is 1. The van der Waals surface area contributed by atoms with E-state index in [-0.39, 0.29) is 5.57 Å². The van der Waals surface area contributed by atoms with Gasteiger partial charge in [0.1, 0.15) is 17.4 Å². The summed E-state index contributed by atoms with van der Waals surface area (Å²) in [5, 5.41) is 12.1. The van der Waals surface area contributed by atoms with Crippen LogP contribution in [0, 0.1) is 18.3 Å². The van der Waals surface area contributed by atoms with E-state index in [1.807, 2.05) is 61.5 Å². The molecule has 0 saturated heterocycles. The molecule has 4 nitrogen and oxygen atoms in total. The monoisotopic (exact) mass is 360 g/mol. The van der Waals surface area contributed by atoms with Crippen LogP contribution in [0.1, 0.15) is 9.75 Å². The first-order valence-corrected chi connectivity index (χ1v) is 8.79. The number of carbonyl (C=O) groups excluding carboxylic acids is 1. The first-order valence-electron chi connectivity index (χ1n) is 7.97. The summed E-state index contributed by atoms with van der Waals surface area (Å²) < 4.78 is 5.83. The molecule has 2 aromatic carbocycles. The molecule has 1 N–H and O–H groups in total. The molecule has 1 aromatic heterocycles. The van der Waals surface area contributed by atoms with Gasteiger partial charge < -0.3 is 10.1 Å². The fraction of sp³-hybridized carbons (Fsp3) is 0.0476. The minimum atomic E-state index is -0.470. The SMILES string of the molecule is Cc1ccc(/C=C(\C#N)C(=O)Nc2ccccc2Oc2ccccc2)s1. The maximum Gasteiger partial charge on any atom is 0.266 e. The molecule has 0 saturated carbocycles. The number of anilines is 1. The maximum absolute atomic E-state index is 12.5. The predicted molar refractivity (Wildman–Crippen MR) is 104 cm³/mol. The topological polar surface area (TPSA) is 62.1 Å². The van der Waals surface area contributed by atoms with Gasteiger partial charge in [0.2, 0.25) is 0 Å². The average molecular weight is 360 g/mol. The third-order valence-corrected chi connectivity index (χ3v) is 4.47. The van der Waals surface area contributed by atoms with Crippen molar-refractivity contribution in [3.63, 3.8) is 0 Å². The third-order valence-electron chi connectivity index (χ3n) is 3.52. The Bertz CT molecular complexity index is 985. The first kappa shape index (κ1) is 17.5. The molecule has 3 aromatic rings. The van der Waals surface area contributed by atoms with E-state index in [4.69, 9.17) is 4.74 Å².